The van der Waals surface area contributed by atoms with Gasteiger partial charge < -0.3 is 29.8 Å². The number of imidazole rings is 1. The van der Waals surface area contributed by atoms with Crippen LogP contribution in [0.3, 0.4) is 0 Å². The van der Waals surface area contributed by atoms with Crippen LogP contribution in [0.1, 0.15) is 94.4 Å². The van der Waals surface area contributed by atoms with Crippen molar-refractivity contribution < 1.29 is 14.3 Å². The van der Waals surface area contributed by atoms with Gasteiger partial charge in [0.2, 0.25) is 5.91 Å². The van der Waals surface area contributed by atoms with Gasteiger partial charge in [0.25, 0.3) is 5.91 Å². The predicted molar refractivity (Wildman–Crippen MR) is 175 cm³/mol. The third-order valence-corrected chi connectivity index (χ3v) is 9.48. The highest BCUT2D eigenvalue weighted by atomic mass is 16.5. The topological polar surface area (TPSA) is 120 Å². The van der Waals surface area contributed by atoms with Crippen LogP contribution in [0.15, 0.2) is 30.3 Å². The number of hydrogen-bond acceptors (Lipinski definition) is 6. The number of likely N-dealkylation sites (tertiary alicyclic amines) is 1. The van der Waals surface area contributed by atoms with E-state index >= 15 is 0 Å². The molecule has 238 valence electrons. The van der Waals surface area contributed by atoms with Crippen molar-refractivity contribution in [3.63, 3.8) is 0 Å². The third-order valence-electron chi connectivity index (χ3n) is 9.48. The molecule has 45 heavy (non-hydrogen) atoms. The van der Waals surface area contributed by atoms with Crippen LogP contribution in [-0.4, -0.2) is 62.1 Å². The first-order chi connectivity index (χ1) is 21.5. The van der Waals surface area contributed by atoms with Crippen LogP contribution in [0.5, 0.6) is 5.75 Å². The summed E-state index contributed by atoms with van der Waals surface area (Å²) in [6.45, 7) is 9.88. The van der Waals surface area contributed by atoms with Gasteiger partial charge in [-0.05, 0) is 81.7 Å². The van der Waals surface area contributed by atoms with E-state index in [1.165, 1.54) is 12.8 Å². The van der Waals surface area contributed by atoms with E-state index in [1.807, 2.05) is 50.8 Å². The Morgan fingerprint density at radius 2 is 1.87 bits per heavy atom. The van der Waals surface area contributed by atoms with Crippen LogP contribution in [0.4, 0.5) is 0 Å². The minimum absolute atomic E-state index is 0.000898. The molecule has 1 aliphatic heterocycles. The molecule has 0 unspecified atom stereocenters. The molecule has 1 aromatic carbocycles. The molecule has 2 amide bonds. The SMILES string of the molecule is COc1cc(C(=O)N2CCC[C@@H](N)C2)cc2nc(-c3cc4ccc([C@@H](C)NC(=O)C(C)(C)C)nc4n3CC3CC3)n(C3CC3)c12. The van der Waals surface area contributed by atoms with Crippen molar-refractivity contribution in [2.45, 2.75) is 90.9 Å². The highest BCUT2D eigenvalue weighted by molar-refractivity contribution is 6.00. The van der Waals surface area contributed by atoms with Gasteiger partial charge in [0.1, 0.15) is 16.9 Å². The molecule has 0 spiro atoms. The Morgan fingerprint density at radius 3 is 2.53 bits per heavy atom. The van der Waals surface area contributed by atoms with Crippen LogP contribution in [0.25, 0.3) is 33.6 Å². The van der Waals surface area contributed by atoms with Gasteiger partial charge >= 0.3 is 0 Å². The molecule has 2 saturated carbocycles. The second kappa shape index (κ2) is 11.2. The Hall–Kier alpha value is -3.92. The van der Waals surface area contributed by atoms with Crippen molar-refractivity contribution in [2.24, 2.45) is 17.1 Å². The molecule has 2 atom stereocenters. The number of methoxy groups -OCH3 is 1. The minimum Gasteiger partial charge on any atom is -0.494 e. The van der Waals surface area contributed by atoms with E-state index in [0.29, 0.717) is 36.4 Å². The summed E-state index contributed by atoms with van der Waals surface area (Å²) < 4.78 is 10.6. The number of benzene rings is 1. The molecule has 4 heterocycles. The highest BCUT2D eigenvalue weighted by Crippen LogP contribution is 2.45. The molecule has 0 bridgehead atoms. The number of pyridine rings is 1. The van der Waals surface area contributed by atoms with E-state index in [1.54, 1.807) is 7.11 Å². The fourth-order valence-corrected chi connectivity index (χ4v) is 6.52. The lowest BCUT2D eigenvalue weighted by Gasteiger charge is -2.30. The zero-order valence-corrected chi connectivity index (χ0v) is 27.1. The Bertz CT molecular complexity index is 1790. The average Bonchev–Trinajstić information content (AvgIpc) is 3.95. The van der Waals surface area contributed by atoms with Crippen molar-refractivity contribution in [2.75, 3.05) is 20.2 Å². The molecule has 0 radical (unpaired) electrons. The van der Waals surface area contributed by atoms with Crippen molar-refractivity contribution >= 4 is 33.9 Å². The van der Waals surface area contributed by atoms with Gasteiger partial charge in [-0.3, -0.25) is 9.59 Å². The molecule has 3 fully saturated rings. The van der Waals surface area contributed by atoms with Crippen molar-refractivity contribution in [3.8, 4) is 17.3 Å². The Labute approximate surface area is 264 Å². The number of carbonyl (C=O) groups is 2. The molecule has 3 aliphatic rings. The normalized spacial score (nSPS) is 19.7. The zero-order valence-electron chi connectivity index (χ0n) is 27.1. The number of ether oxygens (including phenoxy) is 1. The summed E-state index contributed by atoms with van der Waals surface area (Å²) in [4.78, 5) is 38.6. The van der Waals surface area contributed by atoms with Gasteiger partial charge in [0, 0.05) is 48.1 Å². The zero-order chi connectivity index (χ0) is 31.6. The molecule has 1 saturated heterocycles. The Morgan fingerprint density at radius 1 is 1.09 bits per heavy atom. The Kier molecular flexibility index (Phi) is 7.38. The molecule has 3 N–H and O–H groups in total. The maximum atomic E-state index is 13.6. The van der Waals surface area contributed by atoms with Gasteiger partial charge in [-0.15, -0.1) is 0 Å². The quantitative estimate of drug-likeness (QED) is 0.268. The van der Waals surface area contributed by atoms with E-state index < -0.39 is 5.41 Å². The van der Waals surface area contributed by atoms with Crippen LogP contribution < -0.4 is 15.8 Å². The molecule has 10 heteroatoms. The number of aromatic nitrogens is 4. The number of fused-ring (bicyclic) bond motifs is 2. The third kappa shape index (κ3) is 5.69. The van der Waals surface area contributed by atoms with Gasteiger partial charge in [0.15, 0.2) is 5.82 Å². The van der Waals surface area contributed by atoms with Gasteiger partial charge in [-0.1, -0.05) is 20.8 Å². The summed E-state index contributed by atoms with van der Waals surface area (Å²) in [6.07, 6.45) is 6.41. The lowest BCUT2D eigenvalue weighted by molar-refractivity contribution is -0.129. The number of nitrogens with zero attached hydrogens (tertiary/aromatic N) is 5. The van der Waals surface area contributed by atoms with E-state index in [9.17, 15) is 9.59 Å². The number of nitrogens with two attached hydrogens (primary N) is 1. The largest absolute Gasteiger partial charge is 0.494 e. The van der Waals surface area contributed by atoms with Crippen molar-refractivity contribution in [1.82, 2.24) is 29.3 Å². The second-order valence-corrected chi connectivity index (χ2v) is 14.4. The second-order valence-electron chi connectivity index (χ2n) is 14.4. The summed E-state index contributed by atoms with van der Waals surface area (Å²) in [5.74, 6) is 2.12. The van der Waals surface area contributed by atoms with Crippen molar-refractivity contribution in [1.29, 1.82) is 0 Å². The molecule has 2 aliphatic carbocycles. The molecule has 10 nitrogen and oxygen atoms in total. The maximum Gasteiger partial charge on any atom is 0.254 e. The summed E-state index contributed by atoms with van der Waals surface area (Å²) in [6, 6.07) is 10.2. The van der Waals surface area contributed by atoms with Crippen LogP contribution >= 0.6 is 0 Å². The Balaban J connectivity index is 1.34. The summed E-state index contributed by atoms with van der Waals surface area (Å²) in [5, 5.41) is 4.18. The van der Waals surface area contributed by atoms with Gasteiger partial charge in [-0.25, -0.2) is 9.97 Å². The summed E-state index contributed by atoms with van der Waals surface area (Å²) >= 11 is 0. The van der Waals surface area contributed by atoms with E-state index in [4.69, 9.17) is 20.4 Å². The van der Waals surface area contributed by atoms with Crippen LogP contribution in [0.2, 0.25) is 0 Å². The average molecular weight is 612 g/mol. The lowest BCUT2D eigenvalue weighted by atomic mass is 9.95. The van der Waals surface area contributed by atoms with E-state index in [2.05, 4.69) is 26.6 Å². The maximum absolute atomic E-state index is 13.6. The molecule has 7 rings (SSSR count). The van der Waals surface area contributed by atoms with Crippen LogP contribution in [0, 0.1) is 11.3 Å². The lowest BCUT2D eigenvalue weighted by Crippen LogP contribution is -2.45. The van der Waals surface area contributed by atoms with Gasteiger partial charge in [0.05, 0.1) is 30.1 Å². The first-order valence-electron chi connectivity index (χ1n) is 16.5. The first kappa shape index (κ1) is 29.8. The standard InChI is InChI=1S/C35H45N7O3/c1-20(37-34(44)35(2,3)4)26-13-10-22-16-28(41(31(22)38-26)18-21-8-9-21)32-39-27-15-23(33(43)40-14-6-7-24(36)19-40)17-29(45-5)30(27)42(32)25-11-12-25/h10,13,15-17,20-21,24-25H,6-9,11-12,14,18-19,36H2,1-5H3,(H,37,44)/t20-,24-/m1/s1. The van der Waals surface area contributed by atoms with E-state index in [-0.39, 0.29) is 23.9 Å². The molecular formula is C35H45N7O3. The molecule has 3 aromatic heterocycles. The number of hydrogen-bond donors (Lipinski definition) is 2. The number of carbonyl (C=O) groups excluding carboxylic acids is 2. The van der Waals surface area contributed by atoms with Gasteiger partial charge in [-0.2, -0.15) is 0 Å². The van der Waals surface area contributed by atoms with Crippen LogP contribution in [-0.2, 0) is 11.3 Å². The fourth-order valence-electron chi connectivity index (χ4n) is 6.52. The first-order valence-corrected chi connectivity index (χ1v) is 16.5. The van der Waals surface area contributed by atoms with E-state index in [0.717, 1.165) is 71.5 Å². The monoisotopic (exact) mass is 611 g/mol. The molecule has 4 aromatic rings. The minimum atomic E-state index is -0.480. The number of piperidine rings is 1. The number of nitrogens with one attached hydrogen (secondary N) is 1. The summed E-state index contributed by atoms with van der Waals surface area (Å²) in [5.41, 5.74) is 10.8. The number of amides is 2. The molecular weight excluding hydrogens is 566 g/mol. The number of rotatable bonds is 8. The highest BCUT2D eigenvalue weighted by Gasteiger charge is 2.34. The summed E-state index contributed by atoms with van der Waals surface area (Å²) in [7, 11) is 1.67. The predicted octanol–water partition coefficient (Wildman–Crippen LogP) is 5.59. The fraction of sp³-hybridized carbons (Fsp3) is 0.543. The smallest absolute Gasteiger partial charge is 0.254 e. The van der Waals surface area contributed by atoms with Crippen molar-refractivity contribution in [3.05, 3.63) is 41.6 Å².